The van der Waals surface area contributed by atoms with Crippen molar-refractivity contribution >= 4 is 0 Å². The Morgan fingerprint density at radius 3 is 2.84 bits per heavy atom. The fourth-order valence-corrected chi connectivity index (χ4v) is 2.16. The van der Waals surface area contributed by atoms with Crippen molar-refractivity contribution in [2.24, 2.45) is 5.92 Å². The van der Waals surface area contributed by atoms with Crippen LogP contribution in [0.3, 0.4) is 0 Å². The molecule has 2 rings (SSSR count). The average molecular weight is 263 g/mol. The predicted octanol–water partition coefficient (Wildman–Crippen LogP) is 3.12. The number of methoxy groups -OCH3 is 1. The molecule has 0 heterocycles. The Morgan fingerprint density at radius 1 is 1.32 bits per heavy atom. The van der Waals surface area contributed by atoms with Crippen LogP contribution in [-0.4, -0.2) is 20.3 Å². The standard InChI is InChI=1S/C16H25NO2/c1-3-17-11-14-6-7-16(18-2)15(10-14)12-19-9-8-13-4-5-13/h6-7,10,13,17H,3-5,8-9,11-12H2,1-2H3. The summed E-state index contributed by atoms with van der Waals surface area (Å²) in [7, 11) is 1.72. The maximum atomic E-state index is 5.77. The smallest absolute Gasteiger partial charge is 0.124 e. The summed E-state index contributed by atoms with van der Waals surface area (Å²) in [6, 6.07) is 6.32. The first kappa shape index (κ1) is 14.4. The molecule has 3 nitrogen and oxygen atoms in total. The van der Waals surface area contributed by atoms with Crippen LogP contribution in [0.2, 0.25) is 0 Å². The van der Waals surface area contributed by atoms with Gasteiger partial charge < -0.3 is 14.8 Å². The Morgan fingerprint density at radius 2 is 2.16 bits per heavy atom. The largest absolute Gasteiger partial charge is 0.496 e. The quantitative estimate of drug-likeness (QED) is 0.694. The molecule has 0 atom stereocenters. The Bertz CT molecular complexity index is 388. The molecule has 0 saturated heterocycles. The van der Waals surface area contributed by atoms with E-state index in [1.165, 1.54) is 24.8 Å². The first-order valence-corrected chi connectivity index (χ1v) is 7.27. The highest BCUT2D eigenvalue weighted by Gasteiger charge is 2.20. The molecule has 1 aromatic carbocycles. The molecule has 106 valence electrons. The van der Waals surface area contributed by atoms with Gasteiger partial charge in [0.15, 0.2) is 0 Å². The lowest BCUT2D eigenvalue weighted by molar-refractivity contribution is 0.113. The number of benzene rings is 1. The third-order valence-corrected chi connectivity index (χ3v) is 3.55. The molecule has 0 aromatic heterocycles. The molecule has 1 aliphatic carbocycles. The normalized spacial score (nSPS) is 14.6. The van der Waals surface area contributed by atoms with Gasteiger partial charge in [-0.3, -0.25) is 0 Å². The minimum absolute atomic E-state index is 0.649. The van der Waals surface area contributed by atoms with Crippen LogP contribution in [0.4, 0.5) is 0 Å². The second kappa shape index (κ2) is 7.51. The van der Waals surface area contributed by atoms with Crippen molar-refractivity contribution in [1.29, 1.82) is 0 Å². The van der Waals surface area contributed by atoms with Crippen molar-refractivity contribution in [3.05, 3.63) is 29.3 Å². The number of hydrogen-bond acceptors (Lipinski definition) is 3. The van der Waals surface area contributed by atoms with Gasteiger partial charge in [-0.15, -0.1) is 0 Å². The van der Waals surface area contributed by atoms with Crippen molar-refractivity contribution in [1.82, 2.24) is 5.32 Å². The van der Waals surface area contributed by atoms with Crippen molar-refractivity contribution in [2.75, 3.05) is 20.3 Å². The molecule has 19 heavy (non-hydrogen) atoms. The summed E-state index contributed by atoms with van der Waals surface area (Å²) in [6.07, 6.45) is 4.00. The third-order valence-electron chi connectivity index (χ3n) is 3.55. The van der Waals surface area contributed by atoms with Gasteiger partial charge in [0.25, 0.3) is 0 Å². The summed E-state index contributed by atoms with van der Waals surface area (Å²) in [5.41, 5.74) is 2.43. The number of rotatable bonds is 9. The summed E-state index contributed by atoms with van der Waals surface area (Å²) in [4.78, 5) is 0. The highest BCUT2D eigenvalue weighted by molar-refractivity contribution is 5.36. The van der Waals surface area contributed by atoms with Crippen molar-refractivity contribution in [3.8, 4) is 5.75 Å². The van der Waals surface area contributed by atoms with Gasteiger partial charge in [0.2, 0.25) is 0 Å². The third kappa shape index (κ3) is 4.84. The molecule has 1 aromatic rings. The lowest BCUT2D eigenvalue weighted by Crippen LogP contribution is -2.12. The van der Waals surface area contributed by atoms with E-state index in [0.717, 1.165) is 36.9 Å². The molecule has 0 amide bonds. The number of nitrogens with one attached hydrogen (secondary N) is 1. The van der Waals surface area contributed by atoms with Crippen LogP contribution < -0.4 is 10.1 Å². The lowest BCUT2D eigenvalue weighted by atomic mass is 10.1. The first-order valence-electron chi connectivity index (χ1n) is 7.27. The Balaban J connectivity index is 1.86. The van der Waals surface area contributed by atoms with Crippen LogP contribution in [0.25, 0.3) is 0 Å². The Labute approximate surface area is 116 Å². The second-order valence-corrected chi connectivity index (χ2v) is 5.21. The Hall–Kier alpha value is -1.06. The summed E-state index contributed by atoms with van der Waals surface area (Å²) in [5, 5.41) is 3.34. The van der Waals surface area contributed by atoms with Crippen LogP contribution in [0.1, 0.15) is 37.3 Å². The molecular formula is C16H25NO2. The van der Waals surface area contributed by atoms with Gasteiger partial charge in [0.1, 0.15) is 5.75 Å². The Kier molecular flexibility index (Phi) is 5.67. The van der Waals surface area contributed by atoms with Gasteiger partial charge in [-0.1, -0.05) is 25.8 Å². The highest BCUT2D eigenvalue weighted by Crippen LogP contribution is 2.32. The summed E-state index contributed by atoms with van der Waals surface area (Å²) >= 11 is 0. The lowest BCUT2D eigenvalue weighted by Gasteiger charge is -2.11. The molecule has 0 spiro atoms. The zero-order valence-electron chi connectivity index (χ0n) is 12.1. The van der Waals surface area contributed by atoms with Gasteiger partial charge >= 0.3 is 0 Å². The summed E-state index contributed by atoms with van der Waals surface area (Å²) in [6.45, 7) is 5.52. The van der Waals surface area contributed by atoms with Gasteiger partial charge in [-0.25, -0.2) is 0 Å². The van der Waals surface area contributed by atoms with Crippen LogP contribution in [-0.2, 0) is 17.9 Å². The van der Waals surface area contributed by atoms with Crippen LogP contribution in [0, 0.1) is 5.92 Å². The summed E-state index contributed by atoms with van der Waals surface area (Å²) in [5.74, 6) is 1.86. The second-order valence-electron chi connectivity index (χ2n) is 5.21. The molecule has 0 bridgehead atoms. The summed E-state index contributed by atoms with van der Waals surface area (Å²) < 4.78 is 11.2. The minimum atomic E-state index is 0.649. The molecule has 0 unspecified atom stereocenters. The van der Waals surface area contributed by atoms with E-state index in [1.807, 2.05) is 6.07 Å². The molecule has 0 radical (unpaired) electrons. The van der Waals surface area contributed by atoms with E-state index in [1.54, 1.807) is 7.11 Å². The molecule has 0 aliphatic heterocycles. The van der Waals surface area contributed by atoms with Crippen LogP contribution in [0.5, 0.6) is 5.75 Å². The van der Waals surface area contributed by atoms with E-state index in [0.29, 0.717) is 6.61 Å². The topological polar surface area (TPSA) is 30.5 Å². The molecule has 1 aliphatic rings. The molecule has 1 saturated carbocycles. The monoisotopic (exact) mass is 263 g/mol. The van der Waals surface area contributed by atoms with E-state index in [-0.39, 0.29) is 0 Å². The van der Waals surface area contributed by atoms with Crippen molar-refractivity contribution < 1.29 is 9.47 Å². The maximum absolute atomic E-state index is 5.77. The minimum Gasteiger partial charge on any atom is -0.496 e. The van der Waals surface area contributed by atoms with Gasteiger partial charge in [0, 0.05) is 18.7 Å². The highest BCUT2D eigenvalue weighted by atomic mass is 16.5. The number of hydrogen-bond donors (Lipinski definition) is 1. The molecule has 3 heteroatoms. The van der Waals surface area contributed by atoms with Gasteiger partial charge in [-0.2, -0.15) is 0 Å². The van der Waals surface area contributed by atoms with Gasteiger partial charge in [0.05, 0.1) is 13.7 Å². The zero-order chi connectivity index (χ0) is 13.5. The zero-order valence-corrected chi connectivity index (χ0v) is 12.1. The SMILES string of the molecule is CCNCc1ccc(OC)c(COCCC2CC2)c1. The van der Waals surface area contributed by atoms with E-state index in [9.17, 15) is 0 Å². The van der Waals surface area contributed by atoms with Crippen molar-refractivity contribution in [3.63, 3.8) is 0 Å². The van der Waals surface area contributed by atoms with E-state index >= 15 is 0 Å². The van der Waals surface area contributed by atoms with Crippen LogP contribution in [0.15, 0.2) is 18.2 Å². The fourth-order valence-electron chi connectivity index (χ4n) is 2.16. The number of ether oxygens (including phenoxy) is 2. The molecular weight excluding hydrogens is 238 g/mol. The predicted molar refractivity (Wildman–Crippen MR) is 77.4 cm³/mol. The molecule has 1 N–H and O–H groups in total. The van der Waals surface area contributed by atoms with Crippen molar-refractivity contribution in [2.45, 2.75) is 39.3 Å². The van der Waals surface area contributed by atoms with E-state index < -0.39 is 0 Å². The van der Waals surface area contributed by atoms with E-state index in [2.05, 4.69) is 24.4 Å². The van der Waals surface area contributed by atoms with E-state index in [4.69, 9.17) is 9.47 Å². The first-order chi connectivity index (χ1) is 9.33. The average Bonchev–Trinajstić information content (AvgIpc) is 3.25. The molecule has 1 fully saturated rings. The fraction of sp³-hybridized carbons (Fsp3) is 0.625. The van der Waals surface area contributed by atoms with Gasteiger partial charge in [-0.05, 0) is 36.6 Å². The van der Waals surface area contributed by atoms with Crippen LogP contribution >= 0.6 is 0 Å². The maximum Gasteiger partial charge on any atom is 0.124 e.